The van der Waals surface area contributed by atoms with Crippen molar-refractivity contribution in [2.75, 3.05) is 44.7 Å². The van der Waals surface area contributed by atoms with Gasteiger partial charge in [0, 0.05) is 69.0 Å². The standard InChI is InChI=1S/C22H32N6O/c1-17-15-19(26-13-11-25(3)12-14-26)16-20(24-17)21-5-4-9-27(21)22(29)7-10-28-18(2)6-8-23-28/h6,8,15-16,21H,4-5,7,9-14H2,1-3H3. The molecular formula is C22H32N6O. The first-order valence-corrected chi connectivity index (χ1v) is 10.7. The molecule has 29 heavy (non-hydrogen) atoms. The van der Waals surface area contributed by atoms with Crippen LogP contribution in [0.3, 0.4) is 0 Å². The first-order chi connectivity index (χ1) is 14.0. The first kappa shape index (κ1) is 19.9. The van der Waals surface area contributed by atoms with Gasteiger partial charge in [0.25, 0.3) is 0 Å². The van der Waals surface area contributed by atoms with Gasteiger partial charge in [-0.15, -0.1) is 0 Å². The Labute approximate surface area is 173 Å². The van der Waals surface area contributed by atoms with Crippen LogP contribution in [0.5, 0.6) is 0 Å². The molecule has 2 aromatic rings. The van der Waals surface area contributed by atoms with Gasteiger partial charge in [-0.3, -0.25) is 14.5 Å². The number of pyridine rings is 1. The summed E-state index contributed by atoms with van der Waals surface area (Å²) in [7, 11) is 2.17. The van der Waals surface area contributed by atoms with E-state index >= 15 is 0 Å². The van der Waals surface area contributed by atoms with E-state index in [4.69, 9.17) is 4.98 Å². The predicted octanol–water partition coefficient (Wildman–Crippen LogP) is 2.40. The van der Waals surface area contributed by atoms with Crippen LogP contribution in [0, 0.1) is 13.8 Å². The van der Waals surface area contributed by atoms with Gasteiger partial charge in [0.2, 0.25) is 5.91 Å². The number of carbonyl (C=O) groups excluding carboxylic acids is 1. The minimum absolute atomic E-state index is 0.0901. The van der Waals surface area contributed by atoms with Crippen LogP contribution in [0.15, 0.2) is 24.4 Å². The summed E-state index contributed by atoms with van der Waals surface area (Å²) < 4.78 is 1.90. The van der Waals surface area contributed by atoms with Gasteiger partial charge < -0.3 is 14.7 Å². The van der Waals surface area contributed by atoms with Crippen molar-refractivity contribution < 1.29 is 4.79 Å². The quantitative estimate of drug-likeness (QED) is 0.777. The SMILES string of the molecule is Cc1cc(N2CCN(C)CC2)cc(C2CCCN2C(=O)CCn2nccc2C)n1. The fourth-order valence-corrected chi connectivity index (χ4v) is 4.44. The van der Waals surface area contributed by atoms with E-state index in [-0.39, 0.29) is 11.9 Å². The van der Waals surface area contributed by atoms with Crippen molar-refractivity contribution in [2.24, 2.45) is 0 Å². The number of aryl methyl sites for hydroxylation is 3. The van der Waals surface area contributed by atoms with Crippen LogP contribution >= 0.6 is 0 Å². The second-order valence-electron chi connectivity index (χ2n) is 8.37. The molecule has 0 aromatic carbocycles. The molecule has 0 saturated carbocycles. The number of hydrogen-bond acceptors (Lipinski definition) is 5. The molecule has 2 aromatic heterocycles. The average Bonchev–Trinajstić information content (AvgIpc) is 3.35. The third kappa shape index (κ3) is 4.45. The average molecular weight is 397 g/mol. The van der Waals surface area contributed by atoms with Crippen molar-refractivity contribution in [2.45, 2.75) is 45.7 Å². The van der Waals surface area contributed by atoms with Crippen molar-refractivity contribution in [1.29, 1.82) is 0 Å². The van der Waals surface area contributed by atoms with Crippen LogP contribution in [-0.4, -0.2) is 70.2 Å². The van der Waals surface area contributed by atoms with Crippen molar-refractivity contribution in [3.05, 3.63) is 41.5 Å². The van der Waals surface area contributed by atoms with Crippen LogP contribution in [0.1, 0.15) is 42.4 Å². The molecule has 1 amide bonds. The second-order valence-corrected chi connectivity index (χ2v) is 8.37. The molecule has 156 valence electrons. The van der Waals surface area contributed by atoms with Crippen molar-refractivity contribution >= 4 is 11.6 Å². The van der Waals surface area contributed by atoms with E-state index in [9.17, 15) is 4.79 Å². The van der Waals surface area contributed by atoms with Crippen LogP contribution in [-0.2, 0) is 11.3 Å². The predicted molar refractivity (Wildman–Crippen MR) is 114 cm³/mol. The topological polar surface area (TPSA) is 57.5 Å². The molecule has 1 unspecified atom stereocenters. The van der Waals surface area contributed by atoms with Gasteiger partial charge in [-0.2, -0.15) is 5.10 Å². The fraction of sp³-hybridized carbons (Fsp3) is 0.591. The summed E-state index contributed by atoms with van der Waals surface area (Å²) in [6.07, 6.45) is 4.30. The number of piperazine rings is 1. The Morgan fingerprint density at radius 3 is 2.66 bits per heavy atom. The summed E-state index contributed by atoms with van der Waals surface area (Å²) in [5, 5.41) is 4.30. The van der Waals surface area contributed by atoms with Crippen LogP contribution in [0.2, 0.25) is 0 Å². The number of hydrogen-bond donors (Lipinski definition) is 0. The molecule has 0 radical (unpaired) electrons. The summed E-state index contributed by atoms with van der Waals surface area (Å²) >= 11 is 0. The fourth-order valence-electron chi connectivity index (χ4n) is 4.44. The van der Waals surface area contributed by atoms with Gasteiger partial charge in [0.15, 0.2) is 0 Å². The summed E-state index contributed by atoms with van der Waals surface area (Å²) in [5.74, 6) is 0.201. The normalized spacial score (nSPS) is 20.4. The Kier molecular flexibility index (Phi) is 5.85. The Morgan fingerprint density at radius 2 is 1.93 bits per heavy atom. The molecule has 0 spiro atoms. The van der Waals surface area contributed by atoms with Crippen molar-refractivity contribution in [3.63, 3.8) is 0 Å². The van der Waals surface area contributed by atoms with Gasteiger partial charge in [-0.1, -0.05) is 0 Å². The number of anilines is 1. The zero-order valence-corrected chi connectivity index (χ0v) is 17.8. The lowest BCUT2D eigenvalue weighted by atomic mass is 10.1. The zero-order valence-electron chi connectivity index (χ0n) is 17.8. The highest BCUT2D eigenvalue weighted by Crippen LogP contribution is 2.33. The van der Waals surface area contributed by atoms with Gasteiger partial charge in [0.1, 0.15) is 0 Å². The molecule has 0 bridgehead atoms. The number of likely N-dealkylation sites (tertiary alicyclic amines) is 1. The number of carbonyl (C=O) groups is 1. The largest absolute Gasteiger partial charge is 0.369 e. The molecule has 2 saturated heterocycles. The molecule has 0 N–H and O–H groups in total. The lowest BCUT2D eigenvalue weighted by Crippen LogP contribution is -2.44. The maximum atomic E-state index is 13.0. The molecular weight excluding hydrogens is 364 g/mol. The Bertz CT molecular complexity index is 855. The van der Waals surface area contributed by atoms with E-state index in [0.29, 0.717) is 13.0 Å². The molecule has 2 aliphatic rings. The van der Waals surface area contributed by atoms with Gasteiger partial charge >= 0.3 is 0 Å². The number of likely N-dealkylation sites (N-methyl/N-ethyl adjacent to an activating group) is 1. The smallest absolute Gasteiger partial charge is 0.224 e. The minimum atomic E-state index is 0.0901. The lowest BCUT2D eigenvalue weighted by molar-refractivity contribution is -0.132. The summed E-state index contributed by atoms with van der Waals surface area (Å²) in [6.45, 7) is 9.77. The number of amides is 1. The molecule has 7 heteroatoms. The Balaban J connectivity index is 1.47. The molecule has 2 aliphatic heterocycles. The number of nitrogens with zero attached hydrogens (tertiary/aromatic N) is 6. The summed E-state index contributed by atoms with van der Waals surface area (Å²) in [5.41, 5.74) is 4.41. The lowest BCUT2D eigenvalue weighted by Gasteiger charge is -2.34. The molecule has 4 rings (SSSR count). The highest BCUT2D eigenvalue weighted by Gasteiger charge is 2.31. The first-order valence-electron chi connectivity index (χ1n) is 10.7. The van der Waals surface area contributed by atoms with E-state index in [0.717, 1.165) is 62.6 Å². The van der Waals surface area contributed by atoms with E-state index < -0.39 is 0 Å². The molecule has 4 heterocycles. The maximum Gasteiger partial charge on any atom is 0.224 e. The zero-order chi connectivity index (χ0) is 20.4. The minimum Gasteiger partial charge on any atom is -0.369 e. The molecule has 2 fully saturated rings. The maximum absolute atomic E-state index is 13.0. The molecule has 7 nitrogen and oxygen atoms in total. The Morgan fingerprint density at radius 1 is 1.14 bits per heavy atom. The van der Waals surface area contributed by atoms with E-state index in [1.54, 1.807) is 6.20 Å². The van der Waals surface area contributed by atoms with Crippen molar-refractivity contribution in [1.82, 2.24) is 24.6 Å². The van der Waals surface area contributed by atoms with Gasteiger partial charge in [-0.05, 0) is 51.9 Å². The number of aromatic nitrogens is 3. The van der Waals surface area contributed by atoms with Gasteiger partial charge in [0.05, 0.1) is 11.7 Å². The molecule has 0 aliphatic carbocycles. The van der Waals surface area contributed by atoms with Crippen molar-refractivity contribution in [3.8, 4) is 0 Å². The van der Waals surface area contributed by atoms with Crippen LogP contribution in [0.25, 0.3) is 0 Å². The highest BCUT2D eigenvalue weighted by atomic mass is 16.2. The molecule has 1 atom stereocenters. The third-order valence-corrected chi connectivity index (χ3v) is 6.21. The summed E-state index contributed by atoms with van der Waals surface area (Å²) in [6, 6.07) is 6.45. The number of rotatable bonds is 5. The highest BCUT2D eigenvalue weighted by molar-refractivity contribution is 5.77. The Hall–Kier alpha value is -2.41. The summed E-state index contributed by atoms with van der Waals surface area (Å²) in [4.78, 5) is 24.7. The monoisotopic (exact) mass is 396 g/mol. The van der Waals surface area contributed by atoms with Gasteiger partial charge in [-0.25, -0.2) is 0 Å². The van der Waals surface area contributed by atoms with Crippen LogP contribution < -0.4 is 4.90 Å². The second kappa shape index (κ2) is 8.53. The third-order valence-electron chi connectivity index (χ3n) is 6.21. The van der Waals surface area contributed by atoms with Crippen LogP contribution in [0.4, 0.5) is 5.69 Å². The van der Waals surface area contributed by atoms with E-state index in [1.165, 1.54) is 5.69 Å². The van der Waals surface area contributed by atoms with E-state index in [2.05, 4.69) is 41.0 Å². The van der Waals surface area contributed by atoms with E-state index in [1.807, 2.05) is 22.6 Å².